The molecular weight excluding hydrogens is 688 g/mol. The zero-order valence-electron chi connectivity index (χ0n) is 33.0. The molecule has 2 aliphatic rings. The fourth-order valence-corrected chi connectivity index (χ4v) is 7.13. The molecule has 2 unspecified atom stereocenters. The smallest absolute Gasteiger partial charge is 0.308 e. The maximum absolute atomic E-state index is 13.4. The number of rotatable bonds is 29. The van der Waals surface area contributed by atoms with Gasteiger partial charge in [-0.3, -0.25) is 9.59 Å². The second-order valence-corrected chi connectivity index (χ2v) is 15.4. The average molecular weight is 763 g/mol. The van der Waals surface area contributed by atoms with E-state index in [0.717, 1.165) is 51.4 Å². The summed E-state index contributed by atoms with van der Waals surface area (Å²) in [5.41, 5.74) is 0. The lowest BCUT2D eigenvalue weighted by Gasteiger charge is -2.46. The maximum atomic E-state index is 13.4. The lowest BCUT2D eigenvalue weighted by molar-refractivity contribution is -0.366. The molecule has 0 aliphatic carbocycles. The van der Waals surface area contributed by atoms with Crippen LogP contribution >= 0.6 is 0 Å². The van der Waals surface area contributed by atoms with E-state index in [1.807, 2.05) is 0 Å². The van der Waals surface area contributed by atoms with Crippen LogP contribution in [0.15, 0.2) is 0 Å². The number of carboxylic acid groups (broad SMARTS) is 1. The largest absolute Gasteiger partial charge is 0.481 e. The molecule has 0 amide bonds. The summed E-state index contributed by atoms with van der Waals surface area (Å²) in [5, 5.41) is 62.3. The molecule has 2 rings (SSSR count). The topological polar surface area (TPSA) is 202 Å². The minimum atomic E-state index is -1.67. The van der Waals surface area contributed by atoms with E-state index < -0.39 is 85.6 Å². The number of aliphatic hydroxyl groups is 5. The summed E-state index contributed by atoms with van der Waals surface area (Å²) < 4.78 is 29.5. The second kappa shape index (κ2) is 27.2. The Morgan fingerprint density at radius 2 is 0.981 bits per heavy atom. The van der Waals surface area contributed by atoms with Crippen LogP contribution in [0.5, 0.6) is 0 Å². The van der Waals surface area contributed by atoms with E-state index >= 15 is 0 Å². The Kier molecular flexibility index (Phi) is 24.5. The highest BCUT2D eigenvalue weighted by molar-refractivity contribution is 5.72. The molecular formula is C40H74O13. The van der Waals surface area contributed by atoms with Gasteiger partial charge in [0, 0.05) is 0 Å². The van der Waals surface area contributed by atoms with Crippen molar-refractivity contribution in [3.63, 3.8) is 0 Å². The fourth-order valence-electron chi connectivity index (χ4n) is 7.13. The number of hydrogen-bond donors (Lipinski definition) is 6. The number of aliphatic hydroxyl groups excluding tert-OH is 5. The first kappa shape index (κ1) is 47.7. The first-order chi connectivity index (χ1) is 25.4. The van der Waals surface area contributed by atoms with Gasteiger partial charge in [0.1, 0.15) is 42.7 Å². The van der Waals surface area contributed by atoms with Gasteiger partial charge in [-0.25, -0.2) is 0 Å². The number of unbranched alkanes of at least 4 members (excludes halogenated alkanes) is 16. The molecule has 312 valence electrons. The summed E-state index contributed by atoms with van der Waals surface area (Å²) in [6, 6.07) is 0. The Morgan fingerprint density at radius 3 is 1.47 bits per heavy atom. The third kappa shape index (κ3) is 18.4. The molecule has 13 heteroatoms. The van der Waals surface area contributed by atoms with Crippen molar-refractivity contribution in [3.8, 4) is 0 Å². The Balaban J connectivity index is 2.09. The van der Waals surface area contributed by atoms with Crippen LogP contribution in [-0.2, 0) is 33.3 Å². The Hall–Kier alpha value is -1.42. The molecule has 53 heavy (non-hydrogen) atoms. The number of carboxylic acids is 1. The number of hydrogen-bond acceptors (Lipinski definition) is 12. The van der Waals surface area contributed by atoms with Gasteiger partial charge in [0.05, 0.1) is 31.2 Å². The van der Waals surface area contributed by atoms with Crippen molar-refractivity contribution in [1.29, 1.82) is 0 Å². The van der Waals surface area contributed by atoms with Crippen molar-refractivity contribution in [2.75, 3.05) is 0 Å². The van der Waals surface area contributed by atoms with E-state index in [1.165, 1.54) is 71.1 Å². The molecule has 2 aliphatic heterocycles. The fraction of sp³-hybridized carbons (Fsp3) is 0.950. The first-order valence-electron chi connectivity index (χ1n) is 20.8. The van der Waals surface area contributed by atoms with Crippen LogP contribution in [0, 0.1) is 0 Å². The maximum Gasteiger partial charge on any atom is 0.308 e. The monoisotopic (exact) mass is 763 g/mol. The van der Waals surface area contributed by atoms with Crippen LogP contribution in [-0.4, -0.2) is 116 Å². The standard InChI is InChI=1S/C40H74O13/c1-5-7-9-11-13-15-16-18-20-22-24-30(26-32(43)51-29(25-31(41)42)23-21-19-17-14-12-10-8-6-2)52-40-38(36(47)34(45)28(4)50-40)53-39-37(48)35(46)33(44)27(3)49-39/h27-30,33-40,44-48H,5-26H2,1-4H3,(H,41,42)/t27-,28-,29?,30?,33-,34-,35+,36+,37+,38+,39-,40-/m0/s1. The molecule has 13 nitrogen and oxygen atoms in total. The number of aliphatic carboxylic acids is 1. The molecule has 0 radical (unpaired) electrons. The molecule has 2 saturated heterocycles. The van der Waals surface area contributed by atoms with E-state index in [4.69, 9.17) is 23.7 Å². The molecule has 0 aromatic carbocycles. The van der Waals surface area contributed by atoms with Crippen molar-refractivity contribution in [2.24, 2.45) is 0 Å². The highest BCUT2D eigenvalue weighted by atomic mass is 16.8. The molecule has 0 bridgehead atoms. The number of esters is 1. The van der Waals surface area contributed by atoms with Gasteiger partial charge in [0.2, 0.25) is 0 Å². The van der Waals surface area contributed by atoms with Crippen LogP contribution in [0.1, 0.15) is 169 Å². The van der Waals surface area contributed by atoms with Crippen LogP contribution in [0.4, 0.5) is 0 Å². The lowest BCUT2D eigenvalue weighted by Crippen LogP contribution is -2.63. The van der Waals surface area contributed by atoms with Crippen molar-refractivity contribution in [2.45, 2.75) is 243 Å². The van der Waals surface area contributed by atoms with Gasteiger partial charge in [-0.2, -0.15) is 0 Å². The molecule has 6 N–H and O–H groups in total. The van der Waals surface area contributed by atoms with Gasteiger partial charge < -0.3 is 54.3 Å². The van der Waals surface area contributed by atoms with Gasteiger partial charge >= 0.3 is 11.9 Å². The van der Waals surface area contributed by atoms with E-state index in [2.05, 4.69) is 13.8 Å². The van der Waals surface area contributed by atoms with Gasteiger partial charge in [-0.1, -0.05) is 123 Å². The van der Waals surface area contributed by atoms with Crippen LogP contribution in [0.25, 0.3) is 0 Å². The Morgan fingerprint density at radius 1 is 0.547 bits per heavy atom. The van der Waals surface area contributed by atoms with Crippen LogP contribution < -0.4 is 0 Å². The molecule has 0 aromatic heterocycles. The summed E-state index contributed by atoms with van der Waals surface area (Å²) in [5.74, 6) is -1.65. The Labute approximate surface area is 318 Å². The lowest BCUT2D eigenvalue weighted by atomic mass is 9.97. The van der Waals surface area contributed by atoms with Gasteiger partial charge in [0.15, 0.2) is 12.6 Å². The first-order valence-corrected chi connectivity index (χ1v) is 20.8. The van der Waals surface area contributed by atoms with Crippen molar-refractivity contribution in [3.05, 3.63) is 0 Å². The third-order valence-electron chi connectivity index (χ3n) is 10.6. The number of carbonyl (C=O) groups is 2. The second-order valence-electron chi connectivity index (χ2n) is 15.4. The molecule has 2 fully saturated rings. The predicted molar refractivity (Wildman–Crippen MR) is 199 cm³/mol. The number of ether oxygens (including phenoxy) is 5. The van der Waals surface area contributed by atoms with Crippen molar-refractivity contribution < 1.29 is 63.9 Å². The third-order valence-corrected chi connectivity index (χ3v) is 10.6. The van der Waals surface area contributed by atoms with Gasteiger partial charge in [-0.15, -0.1) is 0 Å². The van der Waals surface area contributed by atoms with Gasteiger partial charge in [-0.05, 0) is 33.1 Å². The van der Waals surface area contributed by atoms with Crippen molar-refractivity contribution >= 4 is 11.9 Å². The van der Waals surface area contributed by atoms with Crippen LogP contribution in [0.3, 0.4) is 0 Å². The molecule has 0 aromatic rings. The minimum Gasteiger partial charge on any atom is -0.481 e. The summed E-state index contributed by atoms with van der Waals surface area (Å²) in [6.07, 6.45) is 5.19. The van der Waals surface area contributed by atoms with E-state index in [0.29, 0.717) is 12.8 Å². The number of carbonyl (C=O) groups excluding carboxylic acids is 1. The average Bonchev–Trinajstić information content (AvgIpc) is 3.11. The zero-order chi connectivity index (χ0) is 39.2. The SMILES string of the molecule is CCCCCCCCCCCCC(CC(=O)OC(CCCCCCCCCC)CC(=O)O)O[C@@H]1O[C@@H](C)[C@H](O)[C@@H](O)[C@H]1O[C@@H]1O[C@@H](C)[C@H](O)[C@@H](O)[C@H]1O. The quantitative estimate of drug-likeness (QED) is 0.0403. The van der Waals surface area contributed by atoms with E-state index in [-0.39, 0.29) is 12.8 Å². The molecule has 0 spiro atoms. The zero-order valence-corrected chi connectivity index (χ0v) is 33.0. The Bertz CT molecular complexity index is 969. The highest BCUT2D eigenvalue weighted by Crippen LogP contribution is 2.31. The van der Waals surface area contributed by atoms with E-state index in [1.54, 1.807) is 6.92 Å². The van der Waals surface area contributed by atoms with E-state index in [9.17, 15) is 40.2 Å². The summed E-state index contributed by atoms with van der Waals surface area (Å²) in [7, 11) is 0. The summed E-state index contributed by atoms with van der Waals surface area (Å²) in [4.78, 5) is 25.0. The predicted octanol–water partition coefficient (Wildman–Crippen LogP) is 5.67. The molecule has 2 heterocycles. The highest BCUT2D eigenvalue weighted by Gasteiger charge is 2.50. The van der Waals surface area contributed by atoms with Crippen molar-refractivity contribution in [1.82, 2.24) is 0 Å². The normalized spacial score (nSPS) is 30.2. The molecule has 0 saturated carbocycles. The summed E-state index contributed by atoms with van der Waals surface area (Å²) >= 11 is 0. The minimum absolute atomic E-state index is 0.199. The van der Waals surface area contributed by atoms with Crippen LogP contribution in [0.2, 0.25) is 0 Å². The van der Waals surface area contributed by atoms with Gasteiger partial charge in [0.25, 0.3) is 0 Å². The molecule has 12 atom stereocenters. The summed E-state index contributed by atoms with van der Waals surface area (Å²) in [6.45, 7) is 7.44.